The van der Waals surface area contributed by atoms with Gasteiger partial charge in [-0.1, -0.05) is 18.2 Å². The molecule has 2 aromatic carbocycles. The SMILES string of the molecule is CCn1c(=O)n(CCC(=O)Nc2cccc(F)c2)c2ccccc21. The lowest BCUT2D eigenvalue weighted by Crippen LogP contribution is -2.25. The second-order valence-electron chi connectivity index (χ2n) is 5.48. The van der Waals surface area contributed by atoms with Gasteiger partial charge in [-0.05, 0) is 37.3 Å². The molecule has 0 aliphatic rings. The summed E-state index contributed by atoms with van der Waals surface area (Å²) in [6.45, 7) is 2.75. The molecule has 0 spiro atoms. The highest BCUT2D eigenvalue weighted by Crippen LogP contribution is 2.14. The van der Waals surface area contributed by atoms with Crippen LogP contribution in [0.25, 0.3) is 11.0 Å². The highest BCUT2D eigenvalue weighted by atomic mass is 19.1. The van der Waals surface area contributed by atoms with Crippen LogP contribution in [-0.4, -0.2) is 15.0 Å². The van der Waals surface area contributed by atoms with E-state index in [-0.39, 0.29) is 24.6 Å². The van der Waals surface area contributed by atoms with Crippen LogP contribution in [0.15, 0.2) is 53.3 Å². The van der Waals surface area contributed by atoms with Crippen LogP contribution in [0.5, 0.6) is 0 Å². The minimum atomic E-state index is -0.407. The van der Waals surface area contributed by atoms with Gasteiger partial charge in [0.05, 0.1) is 11.0 Å². The third-order valence-corrected chi connectivity index (χ3v) is 3.91. The molecule has 0 aliphatic carbocycles. The van der Waals surface area contributed by atoms with Crippen LogP contribution < -0.4 is 11.0 Å². The van der Waals surface area contributed by atoms with E-state index in [2.05, 4.69) is 5.32 Å². The Morgan fingerprint density at radius 1 is 1.08 bits per heavy atom. The van der Waals surface area contributed by atoms with E-state index >= 15 is 0 Å². The topological polar surface area (TPSA) is 56.0 Å². The molecule has 0 aliphatic heterocycles. The van der Waals surface area contributed by atoms with Gasteiger partial charge in [0.15, 0.2) is 0 Å². The molecular weight excluding hydrogens is 309 g/mol. The number of nitrogens with zero attached hydrogens (tertiary/aromatic N) is 2. The van der Waals surface area contributed by atoms with Crippen LogP contribution >= 0.6 is 0 Å². The minimum Gasteiger partial charge on any atom is -0.326 e. The quantitative estimate of drug-likeness (QED) is 0.783. The molecule has 0 fully saturated rings. The molecule has 1 amide bonds. The highest BCUT2D eigenvalue weighted by Gasteiger charge is 2.12. The third kappa shape index (κ3) is 3.08. The number of halogens is 1. The van der Waals surface area contributed by atoms with Gasteiger partial charge >= 0.3 is 5.69 Å². The molecule has 0 saturated heterocycles. The number of hydrogen-bond donors (Lipinski definition) is 1. The standard InChI is InChI=1S/C18H18FN3O2/c1-2-21-15-8-3-4-9-16(15)22(18(21)24)11-10-17(23)20-14-7-5-6-13(19)12-14/h3-9,12H,2,10-11H2,1H3,(H,20,23). The van der Waals surface area contributed by atoms with Crippen LogP contribution in [0, 0.1) is 5.82 Å². The summed E-state index contributed by atoms with van der Waals surface area (Å²) in [5.41, 5.74) is 1.94. The lowest BCUT2D eigenvalue weighted by Gasteiger charge is -2.06. The van der Waals surface area contributed by atoms with Crippen LogP contribution in [0.2, 0.25) is 0 Å². The number of imidazole rings is 1. The maximum Gasteiger partial charge on any atom is 0.329 e. The molecule has 0 saturated carbocycles. The average Bonchev–Trinajstić information content (AvgIpc) is 2.84. The molecule has 1 N–H and O–H groups in total. The highest BCUT2D eigenvalue weighted by molar-refractivity contribution is 5.90. The van der Waals surface area contributed by atoms with Crippen molar-refractivity contribution in [2.45, 2.75) is 26.4 Å². The number of fused-ring (bicyclic) bond motifs is 1. The van der Waals surface area contributed by atoms with Gasteiger partial charge in [0.2, 0.25) is 5.91 Å². The molecule has 3 rings (SSSR count). The van der Waals surface area contributed by atoms with Crippen LogP contribution in [0.3, 0.4) is 0 Å². The molecule has 3 aromatic rings. The zero-order valence-corrected chi connectivity index (χ0v) is 13.3. The zero-order chi connectivity index (χ0) is 17.1. The maximum atomic E-state index is 13.1. The molecule has 0 unspecified atom stereocenters. The molecule has 0 bridgehead atoms. The number of hydrogen-bond acceptors (Lipinski definition) is 2. The number of amides is 1. The average molecular weight is 327 g/mol. The Kier molecular flexibility index (Phi) is 4.46. The van der Waals surface area contributed by atoms with Gasteiger partial charge in [-0.2, -0.15) is 0 Å². The second kappa shape index (κ2) is 6.70. The van der Waals surface area contributed by atoms with Gasteiger partial charge in [0.1, 0.15) is 5.82 Å². The zero-order valence-electron chi connectivity index (χ0n) is 13.3. The van der Waals surface area contributed by atoms with Gasteiger partial charge in [-0.15, -0.1) is 0 Å². The summed E-state index contributed by atoms with van der Waals surface area (Å²) in [4.78, 5) is 24.5. The van der Waals surface area contributed by atoms with Crippen LogP contribution in [-0.2, 0) is 17.9 Å². The molecule has 124 valence electrons. The van der Waals surface area contributed by atoms with Crippen LogP contribution in [0.1, 0.15) is 13.3 Å². The predicted molar refractivity (Wildman–Crippen MR) is 91.5 cm³/mol. The van der Waals surface area contributed by atoms with E-state index in [0.717, 1.165) is 11.0 Å². The van der Waals surface area contributed by atoms with Crippen molar-refractivity contribution in [1.29, 1.82) is 0 Å². The van der Waals surface area contributed by atoms with Crippen LogP contribution in [0.4, 0.5) is 10.1 Å². The first-order valence-corrected chi connectivity index (χ1v) is 7.83. The fourth-order valence-electron chi connectivity index (χ4n) is 2.80. The van der Waals surface area contributed by atoms with Crippen molar-refractivity contribution in [3.05, 3.63) is 64.8 Å². The minimum absolute atomic E-state index is 0.128. The Labute approximate surface area is 138 Å². The van der Waals surface area contributed by atoms with Crippen molar-refractivity contribution in [2.75, 3.05) is 5.32 Å². The number of aromatic nitrogens is 2. The van der Waals surface area contributed by atoms with E-state index in [0.29, 0.717) is 12.2 Å². The van der Waals surface area contributed by atoms with Crippen molar-refractivity contribution in [3.63, 3.8) is 0 Å². The van der Waals surface area contributed by atoms with Crippen molar-refractivity contribution in [2.24, 2.45) is 0 Å². The Hall–Kier alpha value is -2.89. The molecule has 1 heterocycles. The smallest absolute Gasteiger partial charge is 0.326 e. The molecular formula is C18H18FN3O2. The number of nitrogens with one attached hydrogen (secondary N) is 1. The van der Waals surface area contributed by atoms with E-state index in [9.17, 15) is 14.0 Å². The third-order valence-electron chi connectivity index (χ3n) is 3.91. The first kappa shape index (κ1) is 16.0. The molecule has 6 heteroatoms. The lowest BCUT2D eigenvalue weighted by atomic mass is 10.3. The Balaban J connectivity index is 1.77. The monoisotopic (exact) mass is 327 g/mol. The molecule has 0 atom stereocenters. The van der Waals surface area contributed by atoms with E-state index in [1.807, 2.05) is 31.2 Å². The van der Waals surface area contributed by atoms with E-state index in [4.69, 9.17) is 0 Å². The first-order chi connectivity index (χ1) is 11.6. The van der Waals surface area contributed by atoms with Gasteiger partial charge < -0.3 is 5.32 Å². The van der Waals surface area contributed by atoms with Gasteiger partial charge in [0, 0.05) is 25.2 Å². The number of rotatable bonds is 5. The number of anilines is 1. The Morgan fingerprint density at radius 3 is 2.46 bits per heavy atom. The summed E-state index contributed by atoms with van der Waals surface area (Å²) < 4.78 is 16.4. The molecule has 1 aromatic heterocycles. The summed E-state index contributed by atoms with van der Waals surface area (Å²) in [6.07, 6.45) is 0.133. The van der Waals surface area contributed by atoms with Crippen molar-refractivity contribution in [3.8, 4) is 0 Å². The molecule has 24 heavy (non-hydrogen) atoms. The van der Waals surface area contributed by atoms with Crippen molar-refractivity contribution < 1.29 is 9.18 Å². The largest absolute Gasteiger partial charge is 0.329 e. The summed E-state index contributed by atoms with van der Waals surface area (Å²) in [6, 6.07) is 13.2. The second-order valence-corrected chi connectivity index (χ2v) is 5.48. The number of para-hydroxylation sites is 2. The number of aryl methyl sites for hydroxylation is 2. The normalized spacial score (nSPS) is 10.9. The number of benzene rings is 2. The summed E-state index contributed by atoms with van der Waals surface area (Å²) in [5.74, 6) is -0.670. The van der Waals surface area contributed by atoms with Crippen molar-refractivity contribution >= 4 is 22.6 Å². The summed E-state index contributed by atoms with van der Waals surface area (Å²) in [7, 11) is 0. The van der Waals surface area contributed by atoms with Crippen molar-refractivity contribution in [1.82, 2.24) is 9.13 Å². The van der Waals surface area contributed by atoms with Gasteiger partial charge in [-0.3, -0.25) is 13.9 Å². The molecule has 5 nitrogen and oxygen atoms in total. The molecule has 0 radical (unpaired) electrons. The van der Waals surface area contributed by atoms with E-state index < -0.39 is 5.82 Å². The Bertz CT molecular complexity index is 943. The Morgan fingerprint density at radius 2 is 1.79 bits per heavy atom. The number of carbonyl (C=O) groups is 1. The first-order valence-electron chi connectivity index (χ1n) is 7.83. The fourth-order valence-corrected chi connectivity index (χ4v) is 2.80. The van der Waals surface area contributed by atoms with E-state index in [1.165, 1.54) is 18.2 Å². The summed E-state index contributed by atoms with van der Waals surface area (Å²) >= 11 is 0. The lowest BCUT2D eigenvalue weighted by molar-refractivity contribution is -0.116. The maximum absolute atomic E-state index is 13.1. The fraction of sp³-hybridized carbons (Fsp3) is 0.222. The predicted octanol–water partition coefficient (Wildman–Crippen LogP) is 2.99. The van der Waals surface area contributed by atoms with Gasteiger partial charge in [0.25, 0.3) is 0 Å². The summed E-state index contributed by atoms with van der Waals surface area (Å²) in [5, 5.41) is 2.64. The van der Waals surface area contributed by atoms with Gasteiger partial charge in [-0.25, -0.2) is 9.18 Å². The van der Waals surface area contributed by atoms with E-state index in [1.54, 1.807) is 15.2 Å². The number of carbonyl (C=O) groups excluding carboxylic acids is 1.